The van der Waals surface area contributed by atoms with Crippen LogP contribution in [0.2, 0.25) is 0 Å². The van der Waals surface area contributed by atoms with Crippen molar-refractivity contribution in [2.75, 3.05) is 39.4 Å². The van der Waals surface area contributed by atoms with E-state index in [-0.39, 0.29) is 12.1 Å². The molecule has 1 atom stereocenters. The van der Waals surface area contributed by atoms with Gasteiger partial charge in [0, 0.05) is 19.6 Å². The number of likely N-dealkylation sites (N-methyl/N-ethyl adjacent to an activating group) is 2. The lowest BCUT2D eigenvalue weighted by molar-refractivity contribution is -0.0238. The van der Waals surface area contributed by atoms with Gasteiger partial charge >= 0.3 is 6.09 Å². The molecule has 1 saturated heterocycles. The molecule has 1 aliphatic rings. The Labute approximate surface area is 116 Å². The van der Waals surface area contributed by atoms with E-state index in [1.807, 2.05) is 27.7 Å². The molecule has 0 spiro atoms. The highest BCUT2D eigenvalue weighted by Crippen LogP contribution is 2.13. The van der Waals surface area contributed by atoms with Gasteiger partial charge < -0.3 is 14.4 Å². The summed E-state index contributed by atoms with van der Waals surface area (Å²) in [7, 11) is 0. The highest BCUT2D eigenvalue weighted by Gasteiger charge is 2.27. The highest BCUT2D eigenvalue weighted by molar-refractivity contribution is 5.68. The first-order valence-corrected chi connectivity index (χ1v) is 7.17. The molecule has 0 aromatic rings. The molecule has 1 fully saturated rings. The summed E-state index contributed by atoms with van der Waals surface area (Å²) in [5.41, 5.74) is -0.446. The predicted molar refractivity (Wildman–Crippen MR) is 75.3 cm³/mol. The molecule has 19 heavy (non-hydrogen) atoms. The first-order valence-electron chi connectivity index (χ1n) is 7.17. The molecule has 0 bridgehead atoms. The van der Waals surface area contributed by atoms with Gasteiger partial charge in [-0.1, -0.05) is 6.92 Å². The van der Waals surface area contributed by atoms with E-state index in [1.54, 1.807) is 4.90 Å². The molecule has 5 heteroatoms. The summed E-state index contributed by atoms with van der Waals surface area (Å²) in [6.45, 7) is 14.5. The second-order valence-electron chi connectivity index (χ2n) is 5.88. The Morgan fingerprint density at radius 2 is 2.11 bits per heavy atom. The number of ether oxygens (including phenoxy) is 2. The van der Waals surface area contributed by atoms with Crippen molar-refractivity contribution in [3.63, 3.8) is 0 Å². The van der Waals surface area contributed by atoms with E-state index < -0.39 is 5.60 Å². The van der Waals surface area contributed by atoms with Crippen molar-refractivity contribution in [1.29, 1.82) is 0 Å². The number of hydrogen-bond acceptors (Lipinski definition) is 4. The van der Waals surface area contributed by atoms with Gasteiger partial charge in [0.05, 0.1) is 19.3 Å². The summed E-state index contributed by atoms with van der Waals surface area (Å²) in [5.74, 6) is 0. The van der Waals surface area contributed by atoms with Crippen molar-refractivity contribution in [2.45, 2.75) is 46.3 Å². The Bertz CT molecular complexity index is 289. The number of nitrogens with zero attached hydrogens (tertiary/aromatic N) is 2. The van der Waals surface area contributed by atoms with Crippen LogP contribution in [0.15, 0.2) is 0 Å². The van der Waals surface area contributed by atoms with E-state index in [1.165, 1.54) is 0 Å². The van der Waals surface area contributed by atoms with Gasteiger partial charge in [-0.3, -0.25) is 4.90 Å². The van der Waals surface area contributed by atoms with Gasteiger partial charge in [0.2, 0.25) is 0 Å². The van der Waals surface area contributed by atoms with Crippen LogP contribution in [0.4, 0.5) is 4.79 Å². The standard InChI is InChI=1S/C14H28N2O3/c1-6-15-8-9-18-11-12(15)10-16(7-2)13(17)19-14(3,4)5/h12H,6-11H2,1-5H3. The normalized spacial score (nSPS) is 21.2. The zero-order valence-electron chi connectivity index (χ0n) is 12.9. The molecule has 112 valence electrons. The Hall–Kier alpha value is -0.810. The first kappa shape index (κ1) is 16.2. The average Bonchev–Trinajstić information content (AvgIpc) is 2.34. The summed E-state index contributed by atoms with van der Waals surface area (Å²) < 4.78 is 10.9. The van der Waals surface area contributed by atoms with Crippen molar-refractivity contribution in [2.24, 2.45) is 0 Å². The van der Waals surface area contributed by atoms with E-state index in [9.17, 15) is 4.79 Å². The molecule has 0 radical (unpaired) electrons. The predicted octanol–water partition coefficient (Wildman–Crippen LogP) is 1.96. The van der Waals surface area contributed by atoms with Gasteiger partial charge in [-0.2, -0.15) is 0 Å². The molecule has 1 heterocycles. The Balaban J connectivity index is 2.57. The third-order valence-corrected chi connectivity index (χ3v) is 3.22. The molecule has 5 nitrogen and oxygen atoms in total. The van der Waals surface area contributed by atoms with Gasteiger partial charge in [0.15, 0.2) is 0 Å². The second-order valence-corrected chi connectivity index (χ2v) is 5.88. The minimum absolute atomic E-state index is 0.239. The molecule has 1 amide bonds. The molecule has 0 aromatic heterocycles. The molecular formula is C14H28N2O3. The van der Waals surface area contributed by atoms with Crippen LogP contribution in [-0.2, 0) is 9.47 Å². The number of rotatable bonds is 4. The van der Waals surface area contributed by atoms with E-state index in [0.717, 1.165) is 19.7 Å². The van der Waals surface area contributed by atoms with Gasteiger partial charge in [-0.05, 0) is 34.2 Å². The Morgan fingerprint density at radius 3 is 2.63 bits per heavy atom. The van der Waals surface area contributed by atoms with Crippen molar-refractivity contribution in [1.82, 2.24) is 9.80 Å². The maximum absolute atomic E-state index is 12.1. The lowest BCUT2D eigenvalue weighted by atomic mass is 10.2. The van der Waals surface area contributed by atoms with Crippen LogP contribution in [-0.4, -0.2) is 66.9 Å². The van der Waals surface area contributed by atoms with E-state index in [2.05, 4.69) is 11.8 Å². The van der Waals surface area contributed by atoms with E-state index in [4.69, 9.17) is 9.47 Å². The van der Waals surface area contributed by atoms with Crippen molar-refractivity contribution < 1.29 is 14.3 Å². The lowest BCUT2D eigenvalue weighted by Crippen LogP contribution is -2.52. The maximum Gasteiger partial charge on any atom is 0.410 e. The minimum atomic E-state index is -0.446. The third-order valence-electron chi connectivity index (χ3n) is 3.22. The van der Waals surface area contributed by atoms with Crippen LogP contribution < -0.4 is 0 Å². The fourth-order valence-corrected chi connectivity index (χ4v) is 2.19. The zero-order chi connectivity index (χ0) is 14.5. The SMILES string of the molecule is CCN(CC1COCCN1CC)C(=O)OC(C)(C)C. The monoisotopic (exact) mass is 272 g/mol. The zero-order valence-corrected chi connectivity index (χ0v) is 12.9. The molecular weight excluding hydrogens is 244 g/mol. The van der Waals surface area contributed by atoms with Crippen molar-refractivity contribution >= 4 is 6.09 Å². The van der Waals surface area contributed by atoms with Crippen LogP contribution in [0.5, 0.6) is 0 Å². The summed E-state index contributed by atoms with van der Waals surface area (Å²) in [4.78, 5) is 16.2. The number of carbonyl (C=O) groups is 1. The molecule has 1 unspecified atom stereocenters. The summed E-state index contributed by atoms with van der Waals surface area (Å²) >= 11 is 0. The van der Waals surface area contributed by atoms with Gasteiger partial charge in [0.1, 0.15) is 5.60 Å². The maximum atomic E-state index is 12.1. The molecule has 0 N–H and O–H groups in total. The Kier molecular flexibility index (Phi) is 6.07. The van der Waals surface area contributed by atoms with Gasteiger partial charge in [-0.25, -0.2) is 4.79 Å². The summed E-state index contributed by atoms with van der Waals surface area (Å²) in [6, 6.07) is 0.270. The second kappa shape index (κ2) is 7.10. The highest BCUT2D eigenvalue weighted by atomic mass is 16.6. The first-order chi connectivity index (χ1) is 8.87. The van der Waals surface area contributed by atoms with Crippen LogP contribution >= 0.6 is 0 Å². The quantitative estimate of drug-likeness (QED) is 0.784. The number of hydrogen-bond donors (Lipinski definition) is 0. The molecule has 0 aliphatic carbocycles. The Morgan fingerprint density at radius 1 is 1.42 bits per heavy atom. The fourth-order valence-electron chi connectivity index (χ4n) is 2.19. The van der Waals surface area contributed by atoms with Crippen LogP contribution in [0, 0.1) is 0 Å². The average molecular weight is 272 g/mol. The summed E-state index contributed by atoms with van der Waals surface area (Å²) in [6.07, 6.45) is -0.239. The van der Waals surface area contributed by atoms with Crippen LogP contribution in [0.1, 0.15) is 34.6 Å². The van der Waals surface area contributed by atoms with Gasteiger partial charge in [-0.15, -0.1) is 0 Å². The van der Waals surface area contributed by atoms with E-state index >= 15 is 0 Å². The molecule has 0 aromatic carbocycles. The smallest absolute Gasteiger partial charge is 0.410 e. The van der Waals surface area contributed by atoms with E-state index in [0.29, 0.717) is 19.7 Å². The molecule has 1 rings (SSSR count). The number of carbonyl (C=O) groups excluding carboxylic acids is 1. The molecule has 1 aliphatic heterocycles. The summed E-state index contributed by atoms with van der Waals surface area (Å²) in [5, 5.41) is 0. The van der Waals surface area contributed by atoms with Crippen molar-refractivity contribution in [3.8, 4) is 0 Å². The minimum Gasteiger partial charge on any atom is -0.444 e. The topological polar surface area (TPSA) is 42.0 Å². The third kappa shape index (κ3) is 5.37. The van der Waals surface area contributed by atoms with Crippen LogP contribution in [0.3, 0.4) is 0 Å². The van der Waals surface area contributed by atoms with Gasteiger partial charge in [0.25, 0.3) is 0 Å². The largest absolute Gasteiger partial charge is 0.444 e. The van der Waals surface area contributed by atoms with Crippen molar-refractivity contribution in [3.05, 3.63) is 0 Å². The van der Waals surface area contributed by atoms with Crippen LogP contribution in [0.25, 0.3) is 0 Å². The lowest BCUT2D eigenvalue weighted by Gasteiger charge is -2.37. The fraction of sp³-hybridized carbons (Fsp3) is 0.929. The number of morpholine rings is 1. The number of amides is 1. The molecule has 0 saturated carbocycles.